The Kier molecular flexibility index (Phi) is 5.39. The van der Waals surface area contributed by atoms with E-state index in [1.807, 2.05) is 20.8 Å². The normalized spacial score (nSPS) is 19.7. The summed E-state index contributed by atoms with van der Waals surface area (Å²) in [5.74, 6) is -0.134. The Hall–Kier alpha value is -1.52. The zero-order valence-corrected chi connectivity index (χ0v) is 12.1. The predicted octanol–water partition coefficient (Wildman–Crippen LogP) is 2.08. The number of carbonyl (C=O) groups is 2. The third-order valence-corrected chi connectivity index (χ3v) is 2.85. The number of piperidine rings is 1. The summed E-state index contributed by atoms with van der Waals surface area (Å²) in [6.45, 7) is 10.0. The van der Waals surface area contributed by atoms with E-state index in [-0.39, 0.29) is 5.91 Å². The van der Waals surface area contributed by atoms with Gasteiger partial charge in [-0.05, 0) is 40.0 Å². The third kappa shape index (κ3) is 4.93. The highest BCUT2D eigenvalue weighted by molar-refractivity contribution is 5.86. The van der Waals surface area contributed by atoms with E-state index in [1.54, 1.807) is 6.08 Å². The molecule has 1 fully saturated rings. The molecule has 0 unspecified atom stereocenters. The number of nitrogens with zero attached hydrogens (tertiary/aromatic N) is 1. The molecule has 1 aliphatic rings. The molecule has 0 aromatic carbocycles. The molecule has 19 heavy (non-hydrogen) atoms. The van der Waals surface area contributed by atoms with E-state index in [4.69, 9.17) is 4.74 Å². The monoisotopic (exact) mass is 268 g/mol. The first kappa shape index (κ1) is 15.5. The third-order valence-electron chi connectivity index (χ3n) is 2.85. The summed E-state index contributed by atoms with van der Waals surface area (Å²) in [6.07, 6.45) is 3.75. The Balaban J connectivity index is 2.69. The largest absolute Gasteiger partial charge is 0.444 e. The molecule has 1 rings (SSSR count). The lowest BCUT2D eigenvalue weighted by atomic mass is 10.0. The van der Waals surface area contributed by atoms with Crippen molar-refractivity contribution in [2.75, 3.05) is 13.1 Å². The molecule has 0 saturated carbocycles. The van der Waals surface area contributed by atoms with Crippen molar-refractivity contribution in [2.24, 2.45) is 0 Å². The number of rotatable bonds is 3. The first-order chi connectivity index (χ1) is 8.85. The number of amides is 2. The molecule has 0 bridgehead atoms. The van der Waals surface area contributed by atoms with Crippen LogP contribution in [0.5, 0.6) is 0 Å². The van der Waals surface area contributed by atoms with Crippen LogP contribution in [0.25, 0.3) is 0 Å². The fraction of sp³-hybridized carbons (Fsp3) is 0.714. The van der Waals surface area contributed by atoms with E-state index in [9.17, 15) is 9.59 Å². The lowest BCUT2D eigenvalue weighted by Crippen LogP contribution is -2.53. The van der Waals surface area contributed by atoms with Gasteiger partial charge in [0.25, 0.3) is 0 Å². The number of hydrogen-bond donors (Lipinski definition) is 1. The van der Waals surface area contributed by atoms with Crippen molar-refractivity contribution in [1.82, 2.24) is 10.2 Å². The van der Waals surface area contributed by atoms with E-state index < -0.39 is 17.7 Å². The number of likely N-dealkylation sites (tertiary alicyclic amines) is 1. The van der Waals surface area contributed by atoms with Gasteiger partial charge in [0.05, 0.1) is 0 Å². The van der Waals surface area contributed by atoms with Crippen LogP contribution in [-0.2, 0) is 9.53 Å². The van der Waals surface area contributed by atoms with Gasteiger partial charge >= 0.3 is 6.09 Å². The molecule has 0 spiro atoms. The molecule has 1 heterocycles. The zero-order chi connectivity index (χ0) is 14.5. The molecular formula is C14H24N2O3. The Morgan fingerprint density at radius 1 is 1.42 bits per heavy atom. The highest BCUT2D eigenvalue weighted by Gasteiger charge is 2.34. The number of carbonyl (C=O) groups excluding carboxylic acids is 2. The molecular weight excluding hydrogens is 244 g/mol. The van der Waals surface area contributed by atoms with Gasteiger partial charge in [0.1, 0.15) is 11.6 Å². The second-order valence-electron chi connectivity index (χ2n) is 5.72. The number of hydrogen-bond acceptors (Lipinski definition) is 3. The van der Waals surface area contributed by atoms with Crippen LogP contribution in [-0.4, -0.2) is 41.6 Å². The second kappa shape index (κ2) is 6.59. The van der Waals surface area contributed by atoms with Crippen molar-refractivity contribution < 1.29 is 14.3 Å². The van der Waals surface area contributed by atoms with Gasteiger partial charge in [-0.2, -0.15) is 0 Å². The molecule has 108 valence electrons. The van der Waals surface area contributed by atoms with Crippen molar-refractivity contribution in [3.8, 4) is 0 Å². The minimum atomic E-state index is -0.545. The van der Waals surface area contributed by atoms with E-state index >= 15 is 0 Å². The lowest BCUT2D eigenvalue weighted by Gasteiger charge is -2.35. The summed E-state index contributed by atoms with van der Waals surface area (Å²) in [6, 6.07) is -0.427. The standard InChI is InChI=1S/C14H24N2O3/c1-5-9-15-12(17)11-8-6-7-10-16(11)13(18)19-14(2,3)4/h5,11H,1,6-10H2,2-4H3,(H,15,17)/t11-/m0/s1. The van der Waals surface area contributed by atoms with Gasteiger partial charge in [-0.25, -0.2) is 4.79 Å². The summed E-state index contributed by atoms with van der Waals surface area (Å²) < 4.78 is 5.35. The average Bonchev–Trinajstić information content (AvgIpc) is 2.34. The summed E-state index contributed by atoms with van der Waals surface area (Å²) in [5, 5.41) is 2.74. The van der Waals surface area contributed by atoms with Gasteiger partial charge in [0, 0.05) is 13.1 Å². The summed E-state index contributed by atoms with van der Waals surface area (Å²) in [7, 11) is 0. The molecule has 0 aromatic heterocycles. The maximum Gasteiger partial charge on any atom is 0.410 e. The first-order valence-electron chi connectivity index (χ1n) is 6.73. The van der Waals surface area contributed by atoms with Crippen LogP contribution in [0.1, 0.15) is 40.0 Å². The smallest absolute Gasteiger partial charge is 0.410 e. The number of ether oxygens (including phenoxy) is 1. The van der Waals surface area contributed by atoms with Gasteiger partial charge in [0.15, 0.2) is 0 Å². The van der Waals surface area contributed by atoms with Crippen LogP contribution in [0.15, 0.2) is 12.7 Å². The van der Waals surface area contributed by atoms with Crippen molar-refractivity contribution in [1.29, 1.82) is 0 Å². The van der Waals surface area contributed by atoms with Crippen LogP contribution in [0, 0.1) is 0 Å². The Labute approximate surface area is 115 Å². The first-order valence-corrected chi connectivity index (χ1v) is 6.73. The molecule has 1 atom stereocenters. The second-order valence-corrected chi connectivity index (χ2v) is 5.72. The zero-order valence-electron chi connectivity index (χ0n) is 12.1. The van der Waals surface area contributed by atoms with Gasteiger partial charge in [-0.1, -0.05) is 6.08 Å². The van der Waals surface area contributed by atoms with Crippen LogP contribution in [0.3, 0.4) is 0 Å². The molecule has 0 radical (unpaired) electrons. The topological polar surface area (TPSA) is 58.6 Å². The van der Waals surface area contributed by atoms with Crippen molar-refractivity contribution in [3.05, 3.63) is 12.7 Å². The molecule has 5 heteroatoms. The minimum absolute atomic E-state index is 0.134. The van der Waals surface area contributed by atoms with E-state index in [0.717, 1.165) is 12.8 Å². The van der Waals surface area contributed by atoms with Crippen LogP contribution < -0.4 is 5.32 Å². The Morgan fingerprint density at radius 2 is 2.11 bits per heavy atom. The molecule has 1 saturated heterocycles. The Morgan fingerprint density at radius 3 is 2.68 bits per heavy atom. The van der Waals surface area contributed by atoms with E-state index in [2.05, 4.69) is 11.9 Å². The van der Waals surface area contributed by atoms with Crippen LogP contribution in [0.4, 0.5) is 4.79 Å². The van der Waals surface area contributed by atoms with Crippen LogP contribution in [0.2, 0.25) is 0 Å². The van der Waals surface area contributed by atoms with E-state index in [0.29, 0.717) is 19.5 Å². The molecule has 5 nitrogen and oxygen atoms in total. The van der Waals surface area contributed by atoms with Crippen molar-refractivity contribution in [2.45, 2.75) is 51.7 Å². The van der Waals surface area contributed by atoms with E-state index in [1.165, 1.54) is 4.90 Å². The molecule has 1 aliphatic heterocycles. The molecule has 1 N–H and O–H groups in total. The molecule has 0 aliphatic carbocycles. The van der Waals surface area contributed by atoms with Crippen molar-refractivity contribution in [3.63, 3.8) is 0 Å². The fourth-order valence-corrected chi connectivity index (χ4v) is 2.03. The summed E-state index contributed by atoms with van der Waals surface area (Å²) >= 11 is 0. The van der Waals surface area contributed by atoms with Crippen LogP contribution >= 0.6 is 0 Å². The fourth-order valence-electron chi connectivity index (χ4n) is 2.03. The van der Waals surface area contributed by atoms with Gasteiger partial charge in [-0.3, -0.25) is 9.69 Å². The van der Waals surface area contributed by atoms with Crippen molar-refractivity contribution >= 4 is 12.0 Å². The van der Waals surface area contributed by atoms with Gasteiger partial charge < -0.3 is 10.1 Å². The Bertz CT molecular complexity index is 347. The predicted molar refractivity (Wildman–Crippen MR) is 73.8 cm³/mol. The highest BCUT2D eigenvalue weighted by atomic mass is 16.6. The molecule has 0 aromatic rings. The van der Waals surface area contributed by atoms with Gasteiger partial charge in [0.2, 0.25) is 5.91 Å². The maximum atomic E-state index is 12.1. The van der Waals surface area contributed by atoms with Gasteiger partial charge in [-0.15, -0.1) is 6.58 Å². The molecule has 2 amide bonds. The SMILES string of the molecule is C=CCNC(=O)[C@@H]1CCCCN1C(=O)OC(C)(C)C. The highest BCUT2D eigenvalue weighted by Crippen LogP contribution is 2.20. The summed E-state index contributed by atoms with van der Waals surface area (Å²) in [4.78, 5) is 25.7. The minimum Gasteiger partial charge on any atom is -0.444 e. The average molecular weight is 268 g/mol. The summed E-state index contributed by atoms with van der Waals surface area (Å²) in [5.41, 5.74) is -0.545. The maximum absolute atomic E-state index is 12.1. The number of nitrogens with one attached hydrogen (secondary N) is 1. The quantitative estimate of drug-likeness (QED) is 0.797. The lowest BCUT2D eigenvalue weighted by molar-refractivity contribution is -0.127.